The van der Waals surface area contributed by atoms with Crippen LogP contribution in [0, 0.1) is 24.0 Å². The lowest BCUT2D eigenvalue weighted by Crippen LogP contribution is -2.23. The fourth-order valence-electron chi connectivity index (χ4n) is 2.31. The monoisotopic (exact) mass is 455 g/mol. The van der Waals surface area contributed by atoms with Gasteiger partial charge in [0.15, 0.2) is 5.96 Å². The van der Waals surface area contributed by atoms with Crippen LogP contribution in [-0.2, 0) is 0 Å². The number of nitro benzene ring substituents is 1. The van der Waals surface area contributed by atoms with Gasteiger partial charge in [0.25, 0.3) is 5.69 Å². The first-order valence-electron chi connectivity index (χ1n) is 7.57. The molecule has 0 amide bonds. The second-order valence-corrected chi connectivity index (χ2v) is 5.50. The number of hydrogen-bond acceptors (Lipinski definition) is 4. The van der Waals surface area contributed by atoms with E-state index in [9.17, 15) is 10.1 Å². The predicted molar refractivity (Wildman–Crippen MR) is 113 cm³/mol. The number of nitrogens with one attached hydrogen (secondary N) is 2. The zero-order valence-electron chi connectivity index (χ0n) is 14.2. The Kier molecular flexibility index (Phi) is 8.12. The molecule has 0 aliphatic heterocycles. The zero-order valence-corrected chi connectivity index (χ0v) is 16.5. The third-order valence-electron chi connectivity index (χ3n) is 3.30. The highest BCUT2D eigenvalue weighted by Crippen LogP contribution is 2.15. The molecule has 2 rings (SSSR count). The summed E-state index contributed by atoms with van der Waals surface area (Å²) < 4.78 is 0. The van der Waals surface area contributed by atoms with E-state index in [0.29, 0.717) is 19.0 Å². The van der Waals surface area contributed by atoms with Crippen LogP contribution in [0.4, 0.5) is 17.1 Å². The Morgan fingerprint density at radius 3 is 2.28 bits per heavy atom. The van der Waals surface area contributed by atoms with Gasteiger partial charge in [0, 0.05) is 30.1 Å². The number of nitrogens with zero attached hydrogens (tertiary/aromatic N) is 2. The zero-order chi connectivity index (χ0) is 17.5. The molecular weight excluding hydrogens is 433 g/mol. The number of aliphatic imine (C=N–C) groups is 1. The van der Waals surface area contributed by atoms with E-state index in [1.807, 2.05) is 26.0 Å². The van der Waals surface area contributed by atoms with Crippen LogP contribution in [0.1, 0.15) is 11.1 Å². The maximum atomic E-state index is 10.6. The molecule has 2 aromatic carbocycles. The molecule has 0 atom stereocenters. The highest BCUT2D eigenvalue weighted by atomic mass is 127. The van der Waals surface area contributed by atoms with Gasteiger partial charge in [-0.1, -0.05) is 6.07 Å². The van der Waals surface area contributed by atoms with Gasteiger partial charge in [0.05, 0.1) is 11.5 Å². The minimum Gasteiger partial charge on any atom is -0.383 e. The standard InChI is InChI=1S/C17H21N5O2.HI/c1-12-9-13(2)11-15(10-12)21-17(18)20-8-7-19-14-3-5-16(6-4-14)22(23)24;/h3-6,9-11,19H,7-8H2,1-2H3,(H3,18,20,21);1H. The molecule has 8 heteroatoms. The van der Waals surface area contributed by atoms with Crippen molar-refractivity contribution in [3.63, 3.8) is 0 Å². The molecule has 25 heavy (non-hydrogen) atoms. The highest BCUT2D eigenvalue weighted by molar-refractivity contribution is 14.0. The average molecular weight is 455 g/mol. The summed E-state index contributed by atoms with van der Waals surface area (Å²) in [6, 6.07) is 12.3. The third-order valence-corrected chi connectivity index (χ3v) is 3.30. The number of nitrogens with two attached hydrogens (primary N) is 1. The van der Waals surface area contributed by atoms with Crippen molar-refractivity contribution in [2.75, 3.05) is 23.7 Å². The first kappa shape index (κ1) is 20.7. The van der Waals surface area contributed by atoms with Crippen molar-refractivity contribution >= 4 is 47.0 Å². The molecule has 4 N–H and O–H groups in total. The lowest BCUT2D eigenvalue weighted by Gasteiger charge is -2.08. The van der Waals surface area contributed by atoms with Crippen molar-refractivity contribution in [2.45, 2.75) is 13.8 Å². The summed E-state index contributed by atoms with van der Waals surface area (Å²) >= 11 is 0. The molecule has 0 aliphatic rings. The second kappa shape index (κ2) is 9.82. The SMILES string of the molecule is Cc1cc(C)cc(NC(N)=NCCNc2ccc([N+](=O)[O-])cc2)c1.I. The second-order valence-electron chi connectivity index (χ2n) is 5.50. The van der Waals surface area contributed by atoms with Crippen molar-refractivity contribution in [2.24, 2.45) is 10.7 Å². The molecule has 0 radical (unpaired) electrons. The Labute approximate surface area is 163 Å². The van der Waals surface area contributed by atoms with Crippen LogP contribution in [0.15, 0.2) is 47.5 Å². The summed E-state index contributed by atoms with van der Waals surface area (Å²) in [5.74, 6) is 0.352. The van der Waals surface area contributed by atoms with Crippen LogP contribution in [-0.4, -0.2) is 24.0 Å². The van der Waals surface area contributed by atoms with Gasteiger partial charge in [0.2, 0.25) is 0 Å². The molecule has 0 fully saturated rings. The fourth-order valence-corrected chi connectivity index (χ4v) is 2.31. The van der Waals surface area contributed by atoms with Gasteiger partial charge >= 0.3 is 0 Å². The number of non-ortho nitro benzene ring substituents is 1. The van der Waals surface area contributed by atoms with Gasteiger partial charge in [-0.05, 0) is 49.2 Å². The van der Waals surface area contributed by atoms with Gasteiger partial charge in [-0.15, -0.1) is 24.0 Å². The smallest absolute Gasteiger partial charge is 0.269 e. The summed E-state index contributed by atoms with van der Waals surface area (Å²) in [5.41, 5.74) is 9.98. The van der Waals surface area contributed by atoms with E-state index in [-0.39, 0.29) is 29.7 Å². The van der Waals surface area contributed by atoms with Gasteiger partial charge in [-0.2, -0.15) is 0 Å². The molecule has 0 heterocycles. The van der Waals surface area contributed by atoms with Crippen molar-refractivity contribution < 1.29 is 4.92 Å². The van der Waals surface area contributed by atoms with Crippen molar-refractivity contribution in [1.29, 1.82) is 0 Å². The number of halogens is 1. The third kappa shape index (κ3) is 6.96. The normalized spacial score (nSPS) is 10.7. The van der Waals surface area contributed by atoms with Crippen LogP contribution in [0.5, 0.6) is 0 Å². The summed E-state index contributed by atoms with van der Waals surface area (Å²) in [4.78, 5) is 14.4. The van der Waals surface area contributed by atoms with Crippen LogP contribution in [0.2, 0.25) is 0 Å². The van der Waals surface area contributed by atoms with Crippen LogP contribution >= 0.6 is 24.0 Å². The van der Waals surface area contributed by atoms with Crippen LogP contribution in [0.25, 0.3) is 0 Å². The summed E-state index contributed by atoms with van der Waals surface area (Å²) in [7, 11) is 0. The molecule has 7 nitrogen and oxygen atoms in total. The Morgan fingerprint density at radius 2 is 1.72 bits per heavy atom. The van der Waals surface area contributed by atoms with Crippen molar-refractivity contribution in [1.82, 2.24) is 0 Å². The quantitative estimate of drug-likeness (QED) is 0.154. The average Bonchev–Trinajstić information content (AvgIpc) is 2.51. The Bertz CT molecular complexity index is 727. The summed E-state index contributed by atoms with van der Waals surface area (Å²) in [5, 5.41) is 16.8. The number of hydrogen-bond donors (Lipinski definition) is 3. The summed E-state index contributed by atoms with van der Waals surface area (Å²) in [6.45, 7) is 5.12. The van der Waals surface area contributed by atoms with Crippen LogP contribution < -0.4 is 16.4 Å². The number of aryl methyl sites for hydroxylation is 2. The van der Waals surface area contributed by atoms with Crippen LogP contribution in [0.3, 0.4) is 0 Å². The van der Waals surface area contributed by atoms with Crippen molar-refractivity contribution in [3.8, 4) is 0 Å². The first-order chi connectivity index (χ1) is 11.4. The number of nitro groups is 1. The predicted octanol–water partition coefficient (Wildman–Crippen LogP) is 3.67. The molecule has 134 valence electrons. The minimum absolute atomic E-state index is 0. The first-order valence-corrected chi connectivity index (χ1v) is 7.57. The lowest BCUT2D eigenvalue weighted by atomic mass is 10.1. The van der Waals surface area contributed by atoms with Gasteiger partial charge in [0.1, 0.15) is 0 Å². The number of benzene rings is 2. The topological polar surface area (TPSA) is 106 Å². The summed E-state index contributed by atoms with van der Waals surface area (Å²) in [6.07, 6.45) is 0. The maximum Gasteiger partial charge on any atom is 0.269 e. The Hall–Kier alpha value is -2.36. The number of anilines is 2. The molecule has 0 spiro atoms. The van der Waals surface area contributed by atoms with E-state index in [2.05, 4.69) is 21.7 Å². The van der Waals surface area contributed by atoms with Gasteiger partial charge < -0.3 is 16.4 Å². The van der Waals surface area contributed by atoms with Crippen molar-refractivity contribution in [3.05, 3.63) is 63.7 Å². The van der Waals surface area contributed by atoms with Gasteiger partial charge in [-0.25, -0.2) is 0 Å². The molecule has 0 unspecified atom stereocenters. The lowest BCUT2D eigenvalue weighted by molar-refractivity contribution is -0.384. The molecule has 2 aromatic rings. The molecule has 0 bridgehead atoms. The number of guanidine groups is 1. The van der Waals surface area contributed by atoms with E-state index in [4.69, 9.17) is 5.73 Å². The van der Waals surface area contributed by atoms with E-state index < -0.39 is 4.92 Å². The molecular formula is C17H22IN5O2. The Morgan fingerprint density at radius 1 is 1.12 bits per heavy atom. The van der Waals surface area contributed by atoms with E-state index in [1.54, 1.807) is 12.1 Å². The van der Waals surface area contributed by atoms with E-state index in [1.165, 1.54) is 12.1 Å². The maximum absolute atomic E-state index is 10.6. The van der Waals surface area contributed by atoms with Gasteiger partial charge in [-0.3, -0.25) is 15.1 Å². The minimum atomic E-state index is -0.423. The number of rotatable bonds is 6. The van der Waals surface area contributed by atoms with E-state index in [0.717, 1.165) is 22.5 Å². The molecule has 0 aromatic heterocycles. The van der Waals surface area contributed by atoms with E-state index >= 15 is 0 Å². The largest absolute Gasteiger partial charge is 0.383 e. The molecule has 0 saturated heterocycles. The highest BCUT2D eigenvalue weighted by Gasteiger charge is 2.03. The molecule has 0 saturated carbocycles. The molecule has 0 aliphatic carbocycles. The Balaban J connectivity index is 0.00000312. The fraction of sp³-hybridized carbons (Fsp3) is 0.235.